The zero-order valence-electron chi connectivity index (χ0n) is 18.1. The average Bonchev–Trinajstić information content (AvgIpc) is 3.60. The minimum absolute atomic E-state index is 0.263. The number of furan rings is 1. The van der Waals surface area contributed by atoms with Gasteiger partial charge in [0.25, 0.3) is 0 Å². The number of aryl methyl sites for hydroxylation is 1. The number of H-pyrrole nitrogens is 1. The molecular weight excluding hydrogens is 416 g/mol. The van der Waals surface area contributed by atoms with Crippen molar-refractivity contribution >= 4 is 27.6 Å². The topological polar surface area (TPSA) is 87.8 Å². The van der Waals surface area contributed by atoms with E-state index in [0.29, 0.717) is 18.0 Å². The Morgan fingerprint density at radius 3 is 2.73 bits per heavy atom. The predicted molar refractivity (Wildman–Crippen MR) is 130 cm³/mol. The number of nitroso groups, excluding NO2 is 1. The van der Waals surface area contributed by atoms with Gasteiger partial charge < -0.3 is 19.2 Å². The number of aromatic amines is 1. The number of fused-ring (bicyclic) bond motifs is 3. The Morgan fingerprint density at radius 1 is 1.03 bits per heavy atom. The molecule has 1 aliphatic rings. The van der Waals surface area contributed by atoms with Crippen molar-refractivity contribution in [3.05, 3.63) is 89.0 Å². The van der Waals surface area contributed by atoms with Crippen molar-refractivity contribution in [1.82, 2.24) is 4.98 Å². The molecule has 1 aliphatic heterocycles. The number of aromatic nitrogens is 1. The lowest BCUT2D eigenvalue weighted by Gasteiger charge is -2.04. The molecule has 0 saturated heterocycles. The summed E-state index contributed by atoms with van der Waals surface area (Å²) in [5.41, 5.74) is 5.52. The van der Waals surface area contributed by atoms with Crippen molar-refractivity contribution in [3.8, 4) is 17.1 Å². The third-order valence-corrected chi connectivity index (χ3v) is 5.85. The molecule has 0 unspecified atom stereocenters. The monoisotopic (exact) mass is 440 g/mol. The number of hydrogen-bond donors (Lipinski definition) is 2. The van der Waals surface area contributed by atoms with E-state index in [4.69, 9.17) is 14.3 Å². The van der Waals surface area contributed by atoms with Gasteiger partial charge in [0.2, 0.25) is 0 Å². The number of benzene rings is 3. The molecule has 0 amide bonds. The number of para-hydroxylation sites is 2. The lowest BCUT2D eigenvalue weighted by molar-refractivity contribution is 0.289. The molecule has 0 radical (unpaired) electrons. The first kappa shape index (κ1) is 21.0. The maximum absolute atomic E-state index is 11.0. The Labute approximate surface area is 190 Å². The van der Waals surface area contributed by atoms with Gasteiger partial charge in [-0.2, -0.15) is 0 Å². The molecule has 0 saturated carbocycles. The van der Waals surface area contributed by atoms with Crippen molar-refractivity contribution in [2.45, 2.75) is 19.3 Å². The van der Waals surface area contributed by atoms with E-state index in [-0.39, 0.29) is 6.61 Å². The van der Waals surface area contributed by atoms with E-state index in [1.165, 1.54) is 16.5 Å². The highest BCUT2D eigenvalue weighted by Crippen LogP contribution is 2.40. The van der Waals surface area contributed by atoms with Crippen LogP contribution in [0.25, 0.3) is 33.2 Å². The summed E-state index contributed by atoms with van der Waals surface area (Å²) >= 11 is 0. The van der Waals surface area contributed by atoms with Gasteiger partial charge in [-0.25, -0.2) is 0 Å². The minimum atomic E-state index is 0.263. The van der Waals surface area contributed by atoms with Crippen LogP contribution in [0, 0.1) is 4.91 Å². The van der Waals surface area contributed by atoms with Crippen LogP contribution < -0.4 is 4.74 Å². The van der Waals surface area contributed by atoms with Gasteiger partial charge in [0, 0.05) is 46.6 Å². The summed E-state index contributed by atoms with van der Waals surface area (Å²) < 4.78 is 11.3. The Balaban J connectivity index is 0.000000152. The molecule has 166 valence electrons. The van der Waals surface area contributed by atoms with Crippen LogP contribution in [-0.4, -0.2) is 23.3 Å². The predicted octanol–water partition coefficient (Wildman–Crippen LogP) is 6.53. The Bertz CT molecular complexity index is 1380. The second-order valence-electron chi connectivity index (χ2n) is 8.01. The minimum Gasteiger partial charge on any atom is -0.491 e. The van der Waals surface area contributed by atoms with Crippen LogP contribution in [0.1, 0.15) is 17.5 Å². The van der Waals surface area contributed by atoms with Crippen LogP contribution in [0.4, 0.5) is 5.69 Å². The van der Waals surface area contributed by atoms with Gasteiger partial charge in [-0.1, -0.05) is 36.4 Å². The van der Waals surface area contributed by atoms with Crippen LogP contribution in [0.15, 0.2) is 82.5 Å². The van der Waals surface area contributed by atoms with Gasteiger partial charge in [0.05, 0.1) is 6.61 Å². The average molecular weight is 440 g/mol. The second-order valence-corrected chi connectivity index (χ2v) is 8.01. The van der Waals surface area contributed by atoms with E-state index < -0.39 is 0 Å². The Morgan fingerprint density at radius 2 is 1.88 bits per heavy atom. The molecule has 6 rings (SSSR count). The molecule has 33 heavy (non-hydrogen) atoms. The normalized spacial score (nSPS) is 12.3. The van der Waals surface area contributed by atoms with Crippen molar-refractivity contribution in [3.63, 3.8) is 0 Å². The smallest absolute Gasteiger partial charge is 0.151 e. The van der Waals surface area contributed by atoms with Crippen molar-refractivity contribution in [2.24, 2.45) is 5.18 Å². The first-order valence-electron chi connectivity index (χ1n) is 11.0. The second kappa shape index (κ2) is 9.30. The van der Waals surface area contributed by atoms with E-state index in [9.17, 15) is 4.91 Å². The maximum Gasteiger partial charge on any atom is 0.151 e. The van der Waals surface area contributed by atoms with E-state index in [2.05, 4.69) is 22.3 Å². The molecule has 0 aliphatic carbocycles. The number of aliphatic hydroxyl groups excluding tert-OH is 1. The van der Waals surface area contributed by atoms with Gasteiger partial charge >= 0.3 is 0 Å². The number of hydrogen-bond acceptors (Lipinski definition) is 5. The van der Waals surface area contributed by atoms with Crippen LogP contribution >= 0.6 is 0 Å². The first-order valence-corrected chi connectivity index (χ1v) is 11.0. The summed E-state index contributed by atoms with van der Waals surface area (Å²) in [5.74, 6) is 1.35. The van der Waals surface area contributed by atoms with Crippen molar-refractivity contribution < 1.29 is 14.3 Å². The quantitative estimate of drug-likeness (QED) is 0.304. The zero-order chi connectivity index (χ0) is 22.6. The highest BCUT2D eigenvalue weighted by Gasteiger charge is 2.20. The van der Waals surface area contributed by atoms with Gasteiger partial charge in [0.1, 0.15) is 11.3 Å². The van der Waals surface area contributed by atoms with E-state index in [1.54, 1.807) is 6.07 Å². The summed E-state index contributed by atoms with van der Waals surface area (Å²) in [6.07, 6.45) is 4.61. The molecule has 2 N–H and O–H groups in total. The van der Waals surface area contributed by atoms with Crippen molar-refractivity contribution in [2.75, 3.05) is 13.2 Å². The SMILES string of the molecule is O=Nc1cc(-c2cc3ccccc3o2)cc2c1OCC2.OCCCc1c[nH]c2ccccc12. The van der Waals surface area contributed by atoms with E-state index >= 15 is 0 Å². The lowest BCUT2D eigenvalue weighted by atomic mass is 10.1. The number of nitrogens with zero attached hydrogens (tertiary/aromatic N) is 1. The van der Waals surface area contributed by atoms with Crippen LogP contribution in [-0.2, 0) is 12.8 Å². The van der Waals surface area contributed by atoms with Crippen LogP contribution in [0.2, 0.25) is 0 Å². The van der Waals surface area contributed by atoms with Gasteiger partial charge in [-0.05, 0) is 53.9 Å². The number of aliphatic hydroxyl groups is 1. The molecule has 6 heteroatoms. The Hall–Kier alpha value is -3.90. The summed E-state index contributed by atoms with van der Waals surface area (Å²) in [5, 5.41) is 14.1. The molecule has 0 bridgehead atoms. The molecule has 6 nitrogen and oxygen atoms in total. The van der Waals surface area contributed by atoms with Gasteiger partial charge in [-0.15, -0.1) is 4.91 Å². The molecule has 5 aromatic rings. The highest BCUT2D eigenvalue weighted by molar-refractivity contribution is 5.84. The molecule has 0 spiro atoms. The number of nitrogens with one attached hydrogen (secondary N) is 1. The third kappa shape index (κ3) is 4.25. The third-order valence-electron chi connectivity index (χ3n) is 5.85. The largest absolute Gasteiger partial charge is 0.491 e. The summed E-state index contributed by atoms with van der Waals surface area (Å²) in [4.78, 5) is 14.2. The van der Waals surface area contributed by atoms with Crippen LogP contribution in [0.5, 0.6) is 5.75 Å². The standard InChI is InChI=1S/C16H11NO3.C11H13NO/c18-17-13-8-12(7-11-5-6-19-16(11)13)15-9-10-3-1-2-4-14(10)20-15;13-7-3-4-9-8-12-11-6-2-1-5-10(9)11/h1-4,7-9H,5-6H2;1-2,5-6,8,12-13H,3-4,7H2. The molecule has 3 aromatic carbocycles. The maximum atomic E-state index is 11.0. The molecule has 3 heterocycles. The van der Waals surface area contributed by atoms with Crippen molar-refractivity contribution in [1.29, 1.82) is 0 Å². The summed E-state index contributed by atoms with van der Waals surface area (Å²) in [6.45, 7) is 0.862. The molecule has 0 atom stereocenters. The van der Waals surface area contributed by atoms with Gasteiger partial charge in [0.15, 0.2) is 11.4 Å². The number of ether oxygens (including phenoxy) is 1. The molecule has 2 aromatic heterocycles. The van der Waals surface area contributed by atoms with E-state index in [1.807, 2.05) is 54.7 Å². The van der Waals surface area contributed by atoms with E-state index in [0.717, 1.165) is 47.1 Å². The Kier molecular flexibility index (Phi) is 5.91. The number of rotatable bonds is 5. The molecular formula is C27H24N2O4. The lowest BCUT2D eigenvalue weighted by Crippen LogP contribution is -1.87. The fraction of sp³-hybridized carbons (Fsp3) is 0.185. The first-order chi connectivity index (χ1) is 16.3. The van der Waals surface area contributed by atoms with Crippen LogP contribution in [0.3, 0.4) is 0 Å². The molecule has 0 fully saturated rings. The fourth-order valence-corrected chi connectivity index (χ4v) is 4.23. The highest BCUT2D eigenvalue weighted by atomic mass is 16.5. The summed E-state index contributed by atoms with van der Waals surface area (Å²) in [7, 11) is 0. The van der Waals surface area contributed by atoms with Gasteiger partial charge in [-0.3, -0.25) is 0 Å². The zero-order valence-corrected chi connectivity index (χ0v) is 18.1. The fourth-order valence-electron chi connectivity index (χ4n) is 4.23. The summed E-state index contributed by atoms with van der Waals surface area (Å²) in [6, 6.07) is 21.8.